The van der Waals surface area contributed by atoms with Crippen LogP contribution in [0.5, 0.6) is 5.75 Å². The first kappa shape index (κ1) is 21.6. The molecule has 150 valence electrons. The van der Waals surface area contributed by atoms with Gasteiger partial charge in [0.1, 0.15) is 5.75 Å². The van der Waals surface area contributed by atoms with E-state index in [0.29, 0.717) is 31.1 Å². The van der Waals surface area contributed by atoms with E-state index in [1.807, 2.05) is 49.4 Å². The van der Waals surface area contributed by atoms with Crippen LogP contribution in [0.2, 0.25) is 5.02 Å². The third kappa shape index (κ3) is 8.31. The Morgan fingerprint density at radius 1 is 1.00 bits per heavy atom. The Balaban J connectivity index is 1.50. The van der Waals surface area contributed by atoms with Crippen molar-refractivity contribution in [2.75, 3.05) is 19.7 Å². The van der Waals surface area contributed by atoms with E-state index < -0.39 is 0 Å². The first-order valence-corrected chi connectivity index (χ1v) is 9.63. The van der Waals surface area contributed by atoms with Crippen LogP contribution in [0.25, 0.3) is 0 Å². The van der Waals surface area contributed by atoms with Crippen molar-refractivity contribution in [1.82, 2.24) is 16.0 Å². The summed E-state index contributed by atoms with van der Waals surface area (Å²) in [5, 5.41) is 8.91. The van der Waals surface area contributed by atoms with Gasteiger partial charge in [0.2, 0.25) is 5.91 Å². The molecule has 0 radical (unpaired) electrons. The van der Waals surface area contributed by atoms with E-state index in [9.17, 15) is 9.59 Å². The number of nitrogens with one attached hydrogen (secondary N) is 3. The molecule has 0 aromatic heterocycles. The number of amides is 3. The Morgan fingerprint density at radius 3 is 2.50 bits per heavy atom. The zero-order valence-electron chi connectivity index (χ0n) is 16.0. The number of carbonyl (C=O) groups excluding carboxylic acids is 2. The zero-order chi connectivity index (χ0) is 20.2. The summed E-state index contributed by atoms with van der Waals surface area (Å²) < 4.78 is 5.67. The molecule has 0 fully saturated rings. The summed E-state index contributed by atoms with van der Waals surface area (Å²) in [4.78, 5) is 23.5. The van der Waals surface area contributed by atoms with Crippen molar-refractivity contribution < 1.29 is 14.3 Å². The molecule has 6 nitrogen and oxygen atoms in total. The van der Waals surface area contributed by atoms with E-state index in [4.69, 9.17) is 16.3 Å². The molecule has 2 aromatic rings. The topological polar surface area (TPSA) is 79.5 Å². The smallest absolute Gasteiger partial charge is 0.314 e. The number of benzene rings is 2. The maximum atomic E-state index is 11.8. The van der Waals surface area contributed by atoms with E-state index >= 15 is 0 Å². The monoisotopic (exact) mass is 403 g/mol. The molecular formula is C21H26ClN3O3. The van der Waals surface area contributed by atoms with Gasteiger partial charge in [-0.05, 0) is 42.7 Å². The lowest BCUT2D eigenvalue weighted by Crippen LogP contribution is -2.38. The van der Waals surface area contributed by atoms with Crippen LogP contribution >= 0.6 is 11.6 Å². The van der Waals surface area contributed by atoms with E-state index in [0.717, 1.165) is 16.9 Å². The summed E-state index contributed by atoms with van der Waals surface area (Å²) in [5.74, 6) is 0.686. The summed E-state index contributed by atoms with van der Waals surface area (Å²) in [5.41, 5.74) is 2.02. The molecule has 0 aliphatic rings. The second kappa shape index (κ2) is 11.9. The minimum absolute atomic E-state index is 0.101. The van der Waals surface area contributed by atoms with Crippen LogP contribution in [0.4, 0.5) is 4.79 Å². The minimum atomic E-state index is -0.293. The highest BCUT2D eigenvalue weighted by Gasteiger charge is 2.04. The largest absolute Gasteiger partial charge is 0.493 e. The van der Waals surface area contributed by atoms with Gasteiger partial charge in [-0.15, -0.1) is 0 Å². The normalized spacial score (nSPS) is 10.2. The Kier molecular flexibility index (Phi) is 9.15. The first-order valence-electron chi connectivity index (χ1n) is 9.26. The van der Waals surface area contributed by atoms with Crippen LogP contribution in [0.3, 0.4) is 0 Å². The summed E-state index contributed by atoms with van der Waals surface area (Å²) in [6.07, 6.45) is 0.909. The van der Waals surface area contributed by atoms with Crippen molar-refractivity contribution in [3.05, 3.63) is 64.7 Å². The molecule has 2 rings (SSSR count). The number of rotatable bonds is 10. The van der Waals surface area contributed by atoms with Gasteiger partial charge in [0.15, 0.2) is 0 Å². The predicted molar refractivity (Wildman–Crippen MR) is 111 cm³/mol. The highest BCUT2D eigenvalue weighted by atomic mass is 35.5. The maximum Gasteiger partial charge on any atom is 0.314 e. The molecule has 0 saturated heterocycles. The standard InChI is InChI=1S/C21H26ClN3O3/c1-16-14-18(22)8-9-19(16)28-13-5-11-23-21(27)24-12-10-20(26)25-15-17-6-3-2-4-7-17/h2-4,6-9,14H,5,10-13,15H2,1H3,(H,25,26)(H2,23,24,27). The molecular weight excluding hydrogens is 378 g/mol. The fourth-order valence-electron chi connectivity index (χ4n) is 2.47. The van der Waals surface area contributed by atoms with Crippen LogP contribution in [-0.4, -0.2) is 31.6 Å². The molecule has 0 saturated carbocycles. The van der Waals surface area contributed by atoms with Gasteiger partial charge in [-0.2, -0.15) is 0 Å². The number of hydrogen-bond donors (Lipinski definition) is 3. The van der Waals surface area contributed by atoms with Gasteiger partial charge < -0.3 is 20.7 Å². The van der Waals surface area contributed by atoms with Gasteiger partial charge in [0.25, 0.3) is 0 Å². The van der Waals surface area contributed by atoms with Crippen molar-refractivity contribution in [3.8, 4) is 5.75 Å². The second-order valence-electron chi connectivity index (χ2n) is 6.31. The van der Waals surface area contributed by atoms with E-state index in [1.54, 1.807) is 6.07 Å². The van der Waals surface area contributed by atoms with Crippen molar-refractivity contribution in [3.63, 3.8) is 0 Å². The van der Waals surface area contributed by atoms with Crippen LogP contribution in [-0.2, 0) is 11.3 Å². The Hall–Kier alpha value is -2.73. The molecule has 0 bridgehead atoms. The van der Waals surface area contributed by atoms with Gasteiger partial charge in [-0.25, -0.2) is 4.79 Å². The van der Waals surface area contributed by atoms with Crippen LogP contribution < -0.4 is 20.7 Å². The summed E-state index contributed by atoms with van der Waals surface area (Å²) >= 11 is 5.91. The number of ether oxygens (including phenoxy) is 1. The zero-order valence-corrected chi connectivity index (χ0v) is 16.7. The van der Waals surface area contributed by atoms with Crippen LogP contribution in [0, 0.1) is 6.92 Å². The number of hydrogen-bond acceptors (Lipinski definition) is 3. The highest BCUT2D eigenvalue weighted by molar-refractivity contribution is 6.30. The molecule has 0 spiro atoms. The molecule has 3 N–H and O–H groups in total. The lowest BCUT2D eigenvalue weighted by Gasteiger charge is -2.10. The quantitative estimate of drug-likeness (QED) is 0.532. The fourth-order valence-corrected chi connectivity index (χ4v) is 2.69. The number of urea groups is 1. The average molecular weight is 404 g/mol. The molecule has 28 heavy (non-hydrogen) atoms. The second-order valence-corrected chi connectivity index (χ2v) is 6.74. The van der Waals surface area contributed by atoms with Crippen molar-refractivity contribution in [1.29, 1.82) is 0 Å². The Bertz CT molecular complexity index is 769. The Labute approximate surface area is 170 Å². The van der Waals surface area contributed by atoms with Crippen LogP contribution in [0.1, 0.15) is 24.0 Å². The fraction of sp³-hybridized carbons (Fsp3) is 0.333. The molecule has 0 unspecified atom stereocenters. The lowest BCUT2D eigenvalue weighted by molar-refractivity contribution is -0.121. The van der Waals surface area contributed by atoms with Gasteiger partial charge >= 0.3 is 6.03 Å². The molecule has 0 aliphatic carbocycles. The molecule has 0 heterocycles. The minimum Gasteiger partial charge on any atom is -0.493 e. The lowest BCUT2D eigenvalue weighted by atomic mass is 10.2. The summed E-state index contributed by atoms with van der Waals surface area (Å²) in [7, 11) is 0. The van der Waals surface area contributed by atoms with Gasteiger partial charge in [0.05, 0.1) is 6.61 Å². The molecule has 7 heteroatoms. The van der Waals surface area contributed by atoms with Gasteiger partial charge in [0, 0.05) is 31.1 Å². The maximum absolute atomic E-state index is 11.8. The molecule has 0 atom stereocenters. The molecule has 3 amide bonds. The van der Waals surface area contributed by atoms with E-state index in [1.165, 1.54) is 0 Å². The third-order valence-electron chi connectivity index (χ3n) is 3.97. The van der Waals surface area contributed by atoms with Gasteiger partial charge in [-0.1, -0.05) is 41.9 Å². The highest BCUT2D eigenvalue weighted by Crippen LogP contribution is 2.21. The van der Waals surface area contributed by atoms with Gasteiger partial charge in [-0.3, -0.25) is 4.79 Å². The van der Waals surface area contributed by atoms with Crippen LogP contribution in [0.15, 0.2) is 48.5 Å². The molecule has 0 aliphatic heterocycles. The number of carbonyl (C=O) groups is 2. The summed E-state index contributed by atoms with van der Waals surface area (Å²) in [6.45, 7) is 3.68. The van der Waals surface area contributed by atoms with Crippen molar-refractivity contribution >= 4 is 23.5 Å². The van der Waals surface area contributed by atoms with E-state index in [2.05, 4.69) is 16.0 Å². The van der Waals surface area contributed by atoms with Crippen molar-refractivity contribution in [2.24, 2.45) is 0 Å². The summed E-state index contributed by atoms with van der Waals surface area (Å²) in [6, 6.07) is 14.8. The van der Waals surface area contributed by atoms with E-state index in [-0.39, 0.29) is 24.9 Å². The third-order valence-corrected chi connectivity index (χ3v) is 4.21. The SMILES string of the molecule is Cc1cc(Cl)ccc1OCCCNC(=O)NCCC(=O)NCc1ccccc1. The van der Waals surface area contributed by atoms with Crippen molar-refractivity contribution in [2.45, 2.75) is 26.3 Å². The Morgan fingerprint density at radius 2 is 1.75 bits per heavy atom. The molecule has 2 aromatic carbocycles. The number of aryl methyl sites for hydroxylation is 1. The first-order chi connectivity index (χ1) is 13.5. The number of halogens is 1. The average Bonchev–Trinajstić information content (AvgIpc) is 2.68. The predicted octanol–water partition coefficient (Wildman–Crippen LogP) is 3.42.